The first-order valence-corrected chi connectivity index (χ1v) is 10.5. The molecule has 10 heteroatoms. The molecule has 0 unspecified atom stereocenters. The number of guanidine groups is 1. The Morgan fingerprint density at radius 2 is 2.00 bits per heavy atom. The molecular weight excluding hydrogens is 434 g/mol. The number of fused-ring (bicyclic) bond motifs is 1. The van der Waals surface area contributed by atoms with Gasteiger partial charge in [-0.3, -0.25) is 4.99 Å². The van der Waals surface area contributed by atoms with Crippen molar-refractivity contribution in [3.8, 4) is 11.1 Å². The van der Waals surface area contributed by atoms with Gasteiger partial charge in [0.25, 0.3) is 10.0 Å². The van der Waals surface area contributed by atoms with Gasteiger partial charge >= 0.3 is 0 Å². The Kier molecular flexibility index (Phi) is 6.33. The summed E-state index contributed by atoms with van der Waals surface area (Å²) in [6.07, 6.45) is 2.70. The van der Waals surface area contributed by atoms with Gasteiger partial charge in [-0.25, -0.2) is 8.78 Å². The second-order valence-corrected chi connectivity index (χ2v) is 8.08. The lowest BCUT2D eigenvalue weighted by atomic mass is 10.0. The molecule has 156 valence electrons. The molecule has 0 saturated carbocycles. The van der Waals surface area contributed by atoms with E-state index in [0.717, 1.165) is 0 Å². The van der Waals surface area contributed by atoms with Crippen molar-refractivity contribution >= 4 is 40.0 Å². The van der Waals surface area contributed by atoms with Gasteiger partial charge < -0.3 is 10.6 Å². The SMILES string of the molecule is C=N/C(CNC1=NS(=O)(=O)c2cccc(-c3cccc(F)c3Cl)c2N1)=C(F)\C=C/C. The van der Waals surface area contributed by atoms with Crippen molar-refractivity contribution in [3.63, 3.8) is 0 Å². The summed E-state index contributed by atoms with van der Waals surface area (Å²) in [5.74, 6) is -1.40. The normalized spacial score (nSPS) is 15.7. The van der Waals surface area contributed by atoms with Crippen LogP contribution in [0.2, 0.25) is 5.02 Å². The van der Waals surface area contributed by atoms with E-state index in [0.29, 0.717) is 11.1 Å². The predicted molar refractivity (Wildman–Crippen MR) is 116 cm³/mol. The summed E-state index contributed by atoms with van der Waals surface area (Å²) >= 11 is 6.09. The Hall–Kier alpha value is -3.04. The lowest BCUT2D eigenvalue weighted by molar-refractivity contribution is 0.597. The molecule has 0 radical (unpaired) electrons. The molecule has 1 aliphatic rings. The standard InChI is InChI=1S/C20H17ClF2N4O2S/c1-3-6-14(22)16(24-2)11-25-20-26-19-13(12-7-4-9-15(23)18(12)21)8-5-10-17(19)30(28,29)27-20/h3-10H,2,11H2,1H3,(H2,25,26,27)/b6-3-,16-14+. The third kappa shape index (κ3) is 4.27. The van der Waals surface area contributed by atoms with Crippen molar-refractivity contribution in [2.45, 2.75) is 11.8 Å². The molecule has 2 aromatic carbocycles. The highest BCUT2D eigenvalue weighted by molar-refractivity contribution is 7.90. The van der Waals surface area contributed by atoms with Crippen LogP contribution in [-0.2, 0) is 10.0 Å². The van der Waals surface area contributed by atoms with Crippen LogP contribution >= 0.6 is 11.6 Å². The van der Waals surface area contributed by atoms with Gasteiger partial charge in [-0.05, 0) is 31.9 Å². The van der Waals surface area contributed by atoms with Gasteiger partial charge in [0.05, 0.1) is 23.0 Å². The lowest BCUT2D eigenvalue weighted by Gasteiger charge is -2.22. The molecule has 1 aliphatic heterocycles. The quantitative estimate of drug-likeness (QED) is 0.512. The van der Waals surface area contributed by atoms with Crippen LogP contribution in [0.3, 0.4) is 0 Å². The molecule has 0 bridgehead atoms. The molecule has 0 aromatic heterocycles. The number of nitrogens with zero attached hydrogens (tertiary/aromatic N) is 2. The van der Waals surface area contributed by atoms with E-state index in [1.807, 2.05) is 0 Å². The molecule has 30 heavy (non-hydrogen) atoms. The van der Waals surface area contributed by atoms with Crippen LogP contribution in [0.1, 0.15) is 6.92 Å². The maximum absolute atomic E-state index is 14.0. The third-order valence-corrected chi connectivity index (χ3v) is 5.91. The molecule has 2 N–H and O–H groups in total. The van der Waals surface area contributed by atoms with E-state index in [1.54, 1.807) is 19.1 Å². The maximum Gasteiger partial charge on any atom is 0.287 e. The number of rotatable bonds is 5. The largest absolute Gasteiger partial charge is 0.349 e. The van der Waals surface area contributed by atoms with Crippen molar-refractivity contribution in [1.82, 2.24) is 5.32 Å². The van der Waals surface area contributed by atoms with Crippen LogP contribution < -0.4 is 10.6 Å². The predicted octanol–water partition coefficient (Wildman–Crippen LogP) is 4.66. The second kappa shape index (κ2) is 8.76. The molecule has 0 atom stereocenters. The Labute approximate surface area is 177 Å². The van der Waals surface area contributed by atoms with Gasteiger partial charge in [0.15, 0.2) is 0 Å². The minimum absolute atomic E-state index is 0.0257. The fourth-order valence-electron chi connectivity index (χ4n) is 2.82. The number of anilines is 1. The smallest absolute Gasteiger partial charge is 0.287 e. The minimum Gasteiger partial charge on any atom is -0.349 e. The Morgan fingerprint density at radius 3 is 2.70 bits per heavy atom. The van der Waals surface area contributed by atoms with Crippen LogP contribution in [0.5, 0.6) is 0 Å². The molecule has 2 aromatic rings. The first-order chi connectivity index (χ1) is 14.3. The van der Waals surface area contributed by atoms with E-state index in [1.165, 1.54) is 36.4 Å². The highest BCUT2D eigenvalue weighted by Crippen LogP contribution is 2.39. The van der Waals surface area contributed by atoms with Crippen molar-refractivity contribution in [3.05, 3.63) is 70.9 Å². The zero-order valence-electron chi connectivity index (χ0n) is 15.8. The van der Waals surface area contributed by atoms with E-state index in [9.17, 15) is 17.2 Å². The van der Waals surface area contributed by atoms with Gasteiger partial charge in [-0.2, -0.15) is 8.42 Å². The number of hydrogen-bond acceptors (Lipinski definition) is 5. The molecule has 0 spiro atoms. The van der Waals surface area contributed by atoms with E-state index in [4.69, 9.17) is 11.6 Å². The summed E-state index contributed by atoms with van der Waals surface area (Å²) in [5.41, 5.74) is 0.827. The average molecular weight is 451 g/mol. The maximum atomic E-state index is 14.0. The van der Waals surface area contributed by atoms with E-state index < -0.39 is 21.7 Å². The summed E-state index contributed by atoms with van der Waals surface area (Å²) in [4.78, 5) is 3.51. The average Bonchev–Trinajstić information content (AvgIpc) is 2.70. The fraction of sp³-hybridized carbons (Fsp3) is 0.100. The van der Waals surface area contributed by atoms with Crippen molar-refractivity contribution in [1.29, 1.82) is 0 Å². The zero-order valence-corrected chi connectivity index (χ0v) is 17.4. The number of benzene rings is 2. The van der Waals surface area contributed by atoms with E-state index >= 15 is 0 Å². The molecule has 1 heterocycles. The molecule has 0 aliphatic carbocycles. The summed E-state index contributed by atoms with van der Waals surface area (Å²) < 4.78 is 56.9. The molecule has 6 nitrogen and oxygen atoms in total. The molecular formula is C20H17ClF2N4O2S. The number of halogens is 3. The topological polar surface area (TPSA) is 82.9 Å². The van der Waals surface area contributed by atoms with E-state index in [-0.39, 0.29) is 33.8 Å². The van der Waals surface area contributed by atoms with Crippen LogP contribution in [0, 0.1) is 5.82 Å². The van der Waals surface area contributed by atoms with Crippen molar-refractivity contribution in [2.24, 2.45) is 9.39 Å². The monoisotopic (exact) mass is 450 g/mol. The lowest BCUT2D eigenvalue weighted by Crippen LogP contribution is -2.36. The van der Waals surface area contributed by atoms with Gasteiger partial charge in [-0.1, -0.05) is 41.9 Å². The summed E-state index contributed by atoms with van der Waals surface area (Å²) in [7, 11) is -4.07. The van der Waals surface area contributed by atoms with Crippen LogP contribution in [0.15, 0.2) is 74.4 Å². The van der Waals surface area contributed by atoms with E-state index in [2.05, 4.69) is 26.7 Å². The third-order valence-electron chi connectivity index (χ3n) is 4.20. The second-order valence-electron chi connectivity index (χ2n) is 6.13. The van der Waals surface area contributed by atoms with Gasteiger partial charge in [0.2, 0.25) is 5.96 Å². The molecule has 0 fully saturated rings. The zero-order chi connectivity index (χ0) is 21.9. The summed E-state index contributed by atoms with van der Waals surface area (Å²) in [6.45, 7) is 4.79. The molecule has 3 rings (SSSR count). The van der Waals surface area contributed by atoms with Crippen molar-refractivity contribution < 1.29 is 17.2 Å². The summed E-state index contributed by atoms with van der Waals surface area (Å²) in [6, 6.07) is 8.73. The fourth-order valence-corrected chi connectivity index (χ4v) is 4.17. The highest BCUT2D eigenvalue weighted by atomic mass is 35.5. The number of allylic oxidation sites excluding steroid dienone is 3. The molecule has 0 saturated heterocycles. The van der Waals surface area contributed by atoms with Gasteiger partial charge in [0.1, 0.15) is 16.5 Å². The Morgan fingerprint density at radius 1 is 1.30 bits per heavy atom. The van der Waals surface area contributed by atoms with Crippen LogP contribution in [0.4, 0.5) is 14.5 Å². The van der Waals surface area contributed by atoms with Crippen molar-refractivity contribution in [2.75, 3.05) is 11.9 Å². The van der Waals surface area contributed by atoms with Gasteiger partial charge in [0, 0.05) is 11.1 Å². The first kappa shape index (κ1) is 21.7. The molecule has 0 amide bonds. The first-order valence-electron chi connectivity index (χ1n) is 8.69. The number of aliphatic imine (C=N–C) groups is 1. The number of hydrogen-bond donors (Lipinski definition) is 2. The number of para-hydroxylation sites is 1. The van der Waals surface area contributed by atoms with Crippen LogP contribution in [0.25, 0.3) is 11.1 Å². The number of nitrogens with one attached hydrogen (secondary N) is 2. The van der Waals surface area contributed by atoms with Crippen LogP contribution in [-0.4, -0.2) is 27.6 Å². The summed E-state index contributed by atoms with van der Waals surface area (Å²) in [5, 5.41) is 5.43. The minimum atomic E-state index is -4.07. The Bertz CT molecular complexity index is 1210. The highest BCUT2D eigenvalue weighted by Gasteiger charge is 2.28. The Balaban J connectivity index is 2.01. The van der Waals surface area contributed by atoms with Gasteiger partial charge in [-0.15, -0.1) is 4.40 Å². The number of sulfonamides is 1.